The second-order valence-electron chi connectivity index (χ2n) is 2.89. The molecule has 13 nitrogen and oxygen atoms in total. The Morgan fingerprint density at radius 3 is 1.25 bits per heavy atom. The van der Waals surface area contributed by atoms with Crippen molar-refractivity contribution in [1.82, 2.24) is 0 Å². The molecule has 0 amide bonds. The van der Waals surface area contributed by atoms with Gasteiger partial charge in [0.2, 0.25) is 0 Å². The molecular formula is C5H16O13P2. The number of rotatable bonds is 4. The topological polar surface area (TPSA) is 254 Å². The Labute approximate surface area is 111 Å². The molecule has 0 fully saturated rings. The van der Waals surface area contributed by atoms with Crippen molar-refractivity contribution in [3.8, 4) is 0 Å². The molecule has 0 unspecified atom stereocenters. The Kier molecular flexibility index (Phi) is 14.1. The molecule has 15 heteroatoms. The molecule has 0 aromatic heterocycles. The summed E-state index contributed by atoms with van der Waals surface area (Å²) in [4.78, 5) is 52.9. The Bertz CT molecular complexity index is 295. The largest absolute Gasteiger partial charge is 0.466 e. The van der Waals surface area contributed by atoms with E-state index >= 15 is 0 Å². The van der Waals surface area contributed by atoms with Crippen LogP contribution in [0.1, 0.15) is 0 Å². The molecule has 124 valence electrons. The van der Waals surface area contributed by atoms with Gasteiger partial charge in [0.15, 0.2) is 6.29 Å². The van der Waals surface area contributed by atoms with Crippen molar-refractivity contribution < 1.29 is 63.7 Å². The van der Waals surface area contributed by atoms with Crippen LogP contribution in [0, 0.1) is 0 Å². The van der Waals surface area contributed by atoms with Gasteiger partial charge in [0.05, 0.1) is 6.61 Å². The highest BCUT2D eigenvalue weighted by atomic mass is 31.2. The maximum atomic E-state index is 9.76. The van der Waals surface area contributed by atoms with Gasteiger partial charge in [-0.05, 0) is 0 Å². The van der Waals surface area contributed by atoms with Gasteiger partial charge in [-0.1, -0.05) is 0 Å². The van der Waals surface area contributed by atoms with Gasteiger partial charge in [-0.15, -0.1) is 0 Å². The first kappa shape index (κ1) is 24.7. The molecule has 0 spiro atoms. The smallest absolute Gasteiger partial charge is 0.394 e. The normalized spacial score (nSPS) is 15.7. The average Bonchev–Trinajstić information content (AvgIpc) is 2.21. The molecule has 0 rings (SSSR count). The standard InChI is InChI=1S/C5H10O5.2H3O4P/c6-1-3(8)5(10)4(9)2-7;2*1-5(2,3)4/h1,3-5,7-10H,2H2;2*(H3,1,2,3,4)/t3-,4+,5-;;/m0../s1. The average molecular weight is 346 g/mol. The number of phosphoric acid groups is 2. The zero-order chi connectivity index (χ0) is 17.1. The SMILES string of the molecule is O=C[C@H](O)[C@H](O)[C@H](O)CO.O=P(O)(O)O.O=P(O)(O)O. The van der Waals surface area contributed by atoms with E-state index in [1.165, 1.54) is 0 Å². The fourth-order valence-electron chi connectivity index (χ4n) is 0.416. The van der Waals surface area contributed by atoms with Crippen LogP contribution < -0.4 is 0 Å². The minimum Gasteiger partial charge on any atom is -0.394 e. The minimum absolute atomic E-state index is 0.0869. The fourth-order valence-corrected chi connectivity index (χ4v) is 0.416. The molecular weight excluding hydrogens is 330 g/mol. The lowest BCUT2D eigenvalue weighted by molar-refractivity contribution is -0.127. The van der Waals surface area contributed by atoms with E-state index in [1.807, 2.05) is 0 Å². The van der Waals surface area contributed by atoms with Crippen LogP contribution in [-0.4, -0.2) is 81.0 Å². The van der Waals surface area contributed by atoms with Crippen LogP contribution in [0.5, 0.6) is 0 Å². The summed E-state index contributed by atoms with van der Waals surface area (Å²) in [5, 5.41) is 34.1. The van der Waals surface area contributed by atoms with E-state index < -0.39 is 40.6 Å². The lowest BCUT2D eigenvalue weighted by Gasteiger charge is -2.16. The van der Waals surface area contributed by atoms with E-state index in [9.17, 15) is 4.79 Å². The molecule has 0 saturated heterocycles. The van der Waals surface area contributed by atoms with E-state index in [1.54, 1.807) is 0 Å². The van der Waals surface area contributed by atoms with Crippen LogP contribution in [0.4, 0.5) is 0 Å². The Balaban J connectivity index is -0.000000244. The summed E-state index contributed by atoms with van der Waals surface area (Å²) < 4.78 is 17.8. The summed E-state index contributed by atoms with van der Waals surface area (Å²) in [6.45, 7) is -0.688. The summed E-state index contributed by atoms with van der Waals surface area (Å²) in [6, 6.07) is 0. The second kappa shape index (κ2) is 11.4. The quantitative estimate of drug-likeness (QED) is 0.170. The van der Waals surface area contributed by atoms with Crippen molar-refractivity contribution in [2.24, 2.45) is 0 Å². The first-order valence-corrected chi connectivity index (χ1v) is 7.43. The van der Waals surface area contributed by atoms with Gasteiger partial charge in [0.1, 0.15) is 18.3 Å². The molecule has 20 heavy (non-hydrogen) atoms. The second-order valence-corrected chi connectivity index (χ2v) is 4.95. The number of carbonyl (C=O) groups excluding carboxylic acids is 1. The molecule has 0 aliphatic heterocycles. The highest BCUT2D eigenvalue weighted by molar-refractivity contribution is 7.45. The Hall–Kier alpha value is -0.270. The third-order valence-electron chi connectivity index (χ3n) is 1.07. The van der Waals surface area contributed by atoms with Crippen molar-refractivity contribution >= 4 is 21.9 Å². The van der Waals surface area contributed by atoms with E-state index in [0.717, 1.165) is 0 Å². The predicted octanol–water partition coefficient (Wildman–Crippen LogP) is -4.60. The van der Waals surface area contributed by atoms with Crippen LogP contribution in [0.15, 0.2) is 0 Å². The molecule has 0 radical (unpaired) electrons. The van der Waals surface area contributed by atoms with E-state index in [2.05, 4.69) is 0 Å². The van der Waals surface area contributed by atoms with Crippen LogP contribution in [0.2, 0.25) is 0 Å². The molecule has 0 bridgehead atoms. The number of aldehydes is 1. The zero-order valence-corrected chi connectivity index (χ0v) is 11.4. The molecule has 0 aromatic rings. The lowest BCUT2D eigenvalue weighted by Crippen LogP contribution is -2.40. The number of hydrogen-bond acceptors (Lipinski definition) is 7. The number of hydrogen-bond donors (Lipinski definition) is 10. The lowest BCUT2D eigenvalue weighted by atomic mass is 10.1. The highest BCUT2D eigenvalue weighted by Gasteiger charge is 2.22. The Morgan fingerprint density at radius 1 is 0.850 bits per heavy atom. The summed E-state index contributed by atoms with van der Waals surface area (Å²) in [6.07, 6.45) is -4.63. The molecule has 3 atom stereocenters. The molecule has 0 heterocycles. The van der Waals surface area contributed by atoms with Crippen molar-refractivity contribution in [2.45, 2.75) is 18.3 Å². The summed E-state index contributed by atoms with van der Waals surface area (Å²) in [5.74, 6) is 0. The molecule has 0 saturated carbocycles. The van der Waals surface area contributed by atoms with Crippen LogP contribution in [-0.2, 0) is 13.9 Å². The number of aliphatic hydroxyl groups excluding tert-OH is 4. The van der Waals surface area contributed by atoms with Gasteiger partial charge in [-0.3, -0.25) is 0 Å². The van der Waals surface area contributed by atoms with Gasteiger partial charge < -0.3 is 54.6 Å². The van der Waals surface area contributed by atoms with Crippen molar-refractivity contribution in [1.29, 1.82) is 0 Å². The zero-order valence-electron chi connectivity index (χ0n) is 9.61. The number of carbonyl (C=O) groups is 1. The minimum atomic E-state index is -4.64. The van der Waals surface area contributed by atoms with Gasteiger partial charge >= 0.3 is 15.6 Å². The third-order valence-corrected chi connectivity index (χ3v) is 1.07. The predicted molar refractivity (Wildman–Crippen MR) is 59.7 cm³/mol. The first-order valence-electron chi connectivity index (χ1n) is 4.30. The van der Waals surface area contributed by atoms with E-state index in [0.29, 0.717) is 0 Å². The Morgan fingerprint density at radius 2 is 1.10 bits per heavy atom. The molecule has 0 aliphatic carbocycles. The van der Waals surface area contributed by atoms with Gasteiger partial charge in [-0.25, -0.2) is 9.13 Å². The summed E-state index contributed by atoms with van der Waals surface area (Å²) >= 11 is 0. The van der Waals surface area contributed by atoms with Crippen molar-refractivity contribution in [3.63, 3.8) is 0 Å². The van der Waals surface area contributed by atoms with Gasteiger partial charge in [-0.2, -0.15) is 0 Å². The van der Waals surface area contributed by atoms with E-state index in [4.69, 9.17) is 58.9 Å². The highest BCUT2D eigenvalue weighted by Crippen LogP contribution is 2.26. The van der Waals surface area contributed by atoms with Gasteiger partial charge in [0, 0.05) is 0 Å². The first-order chi connectivity index (χ1) is 8.63. The molecule has 0 aromatic carbocycles. The maximum absolute atomic E-state index is 9.76. The van der Waals surface area contributed by atoms with Crippen LogP contribution >= 0.6 is 15.6 Å². The van der Waals surface area contributed by atoms with E-state index in [-0.39, 0.29) is 6.29 Å². The number of aliphatic hydroxyl groups is 4. The monoisotopic (exact) mass is 346 g/mol. The molecule has 10 N–H and O–H groups in total. The van der Waals surface area contributed by atoms with Crippen molar-refractivity contribution in [3.05, 3.63) is 0 Å². The maximum Gasteiger partial charge on any atom is 0.466 e. The van der Waals surface area contributed by atoms with Crippen LogP contribution in [0.25, 0.3) is 0 Å². The molecule has 0 aliphatic rings. The summed E-state index contributed by atoms with van der Waals surface area (Å²) in [7, 11) is -9.28. The van der Waals surface area contributed by atoms with Crippen LogP contribution in [0.3, 0.4) is 0 Å². The third kappa shape index (κ3) is 36.1. The van der Waals surface area contributed by atoms with Gasteiger partial charge in [0.25, 0.3) is 0 Å². The summed E-state index contributed by atoms with van der Waals surface area (Å²) in [5.41, 5.74) is 0. The fraction of sp³-hybridized carbons (Fsp3) is 0.800. The van der Waals surface area contributed by atoms with Crippen molar-refractivity contribution in [2.75, 3.05) is 6.61 Å².